The first kappa shape index (κ1) is 21.5. The van der Waals surface area contributed by atoms with Crippen LogP contribution in [0.1, 0.15) is 23.7 Å². The molecular formula is C21H21ClN2O3S. The summed E-state index contributed by atoms with van der Waals surface area (Å²) in [6, 6.07) is 8.70. The normalized spacial score (nSPS) is 11.3. The average Bonchev–Trinajstić information content (AvgIpc) is 3.21. The number of allylic oxidation sites excluding steroid dienone is 4. The molecule has 0 atom stereocenters. The first-order valence-electron chi connectivity index (χ1n) is 8.55. The Bertz CT molecular complexity index is 889. The molecule has 2 N–H and O–H groups in total. The zero-order valence-corrected chi connectivity index (χ0v) is 17.0. The summed E-state index contributed by atoms with van der Waals surface area (Å²) in [6.45, 7) is 5.89. The quantitative estimate of drug-likeness (QED) is 0.441. The molecule has 2 aromatic rings. The third kappa shape index (κ3) is 7.42. The van der Waals surface area contributed by atoms with Crippen molar-refractivity contribution in [2.24, 2.45) is 0 Å². The third-order valence-corrected chi connectivity index (χ3v) is 4.52. The first-order chi connectivity index (χ1) is 13.5. The summed E-state index contributed by atoms with van der Waals surface area (Å²) in [5.41, 5.74) is 1.19. The monoisotopic (exact) mass is 416 g/mol. The van der Waals surface area contributed by atoms with E-state index in [0.29, 0.717) is 27.8 Å². The smallest absolute Gasteiger partial charge is 0.252 e. The molecule has 0 aliphatic carbocycles. The molecule has 0 saturated heterocycles. The Labute approximate surface area is 173 Å². The first-order valence-corrected chi connectivity index (χ1v) is 9.87. The summed E-state index contributed by atoms with van der Waals surface area (Å²) in [6.07, 6.45) is 5.26. The zero-order chi connectivity index (χ0) is 20.4. The highest BCUT2D eigenvalue weighted by Gasteiger charge is 2.07. The number of hydrogen-bond acceptors (Lipinski definition) is 4. The number of halogens is 1. The van der Waals surface area contributed by atoms with Crippen molar-refractivity contribution < 1.29 is 14.3 Å². The number of anilines is 1. The van der Waals surface area contributed by atoms with Gasteiger partial charge in [-0.05, 0) is 42.7 Å². The molecule has 0 fully saturated rings. The molecule has 1 heterocycles. The average molecular weight is 417 g/mol. The maximum Gasteiger partial charge on any atom is 0.252 e. The van der Waals surface area contributed by atoms with Crippen LogP contribution in [-0.2, 0) is 4.79 Å². The zero-order valence-electron chi connectivity index (χ0n) is 15.4. The van der Waals surface area contributed by atoms with Gasteiger partial charge in [-0.15, -0.1) is 0 Å². The van der Waals surface area contributed by atoms with Crippen molar-refractivity contribution in [2.75, 3.05) is 11.9 Å². The van der Waals surface area contributed by atoms with E-state index in [4.69, 9.17) is 16.3 Å². The lowest BCUT2D eigenvalue weighted by Crippen LogP contribution is -2.27. The Morgan fingerprint density at radius 2 is 2.11 bits per heavy atom. The number of amides is 2. The largest absolute Gasteiger partial charge is 0.458 e. The van der Waals surface area contributed by atoms with Crippen LogP contribution in [0.5, 0.6) is 5.75 Å². The van der Waals surface area contributed by atoms with E-state index < -0.39 is 0 Å². The van der Waals surface area contributed by atoms with E-state index in [0.717, 1.165) is 0 Å². The predicted molar refractivity (Wildman–Crippen MR) is 115 cm³/mol. The van der Waals surface area contributed by atoms with Gasteiger partial charge in [0.25, 0.3) is 5.91 Å². The van der Waals surface area contributed by atoms with E-state index in [1.165, 1.54) is 11.3 Å². The molecule has 0 bridgehead atoms. The van der Waals surface area contributed by atoms with Crippen molar-refractivity contribution in [1.82, 2.24) is 5.32 Å². The Hall–Kier alpha value is -2.83. The molecule has 2 amide bonds. The molecule has 7 heteroatoms. The molecule has 2 rings (SSSR count). The van der Waals surface area contributed by atoms with Gasteiger partial charge < -0.3 is 15.4 Å². The van der Waals surface area contributed by atoms with Gasteiger partial charge in [-0.3, -0.25) is 9.59 Å². The molecule has 28 heavy (non-hydrogen) atoms. The van der Waals surface area contributed by atoms with Crippen LogP contribution in [-0.4, -0.2) is 18.4 Å². The number of thiophene rings is 1. The number of benzene rings is 1. The fraction of sp³-hybridized carbons (Fsp3) is 0.143. The number of carbonyl (C=O) groups excluding carboxylic acids is 2. The second-order valence-corrected chi connectivity index (χ2v) is 6.89. The van der Waals surface area contributed by atoms with E-state index in [9.17, 15) is 9.59 Å². The number of hydrogen-bond donors (Lipinski definition) is 2. The highest BCUT2D eigenvalue weighted by atomic mass is 35.5. The summed E-state index contributed by atoms with van der Waals surface area (Å²) >= 11 is 7.34. The topological polar surface area (TPSA) is 67.4 Å². The number of nitrogens with one attached hydrogen (secondary N) is 2. The lowest BCUT2D eigenvalue weighted by atomic mass is 10.2. The van der Waals surface area contributed by atoms with Crippen LogP contribution in [0.3, 0.4) is 0 Å². The van der Waals surface area contributed by atoms with E-state index in [1.54, 1.807) is 53.9 Å². The van der Waals surface area contributed by atoms with Crippen molar-refractivity contribution in [3.05, 3.63) is 82.3 Å². The fourth-order valence-electron chi connectivity index (χ4n) is 2.10. The summed E-state index contributed by atoms with van der Waals surface area (Å²) in [5, 5.41) is 9.66. The van der Waals surface area contributed by atoms with Gasteiger partial charge in [0.15, 0.2) is 0 Å². The van der Waals surface area contributed by atoms with Crippen molar-refractivity contribution in [1.29, 1.82) is 0 Å². The molecule has 0 saturated carbocycles. The molecule has 0 spiro atoms. The number of rotatable bonds is 9. The van der Waals surface area contributed by atoms with Gasteiger partial charge in [0.05, 0.1) is 0 Å². The summed E-state index contributed by atoms with van der Waals surface area (Å²) in [4.78, 5) is 23.9. The van der Waals surface area contributed by atoms with E-state index >= 15 is 0 Å². The number of carbonyl (C=O) groups is 2. The lowest BCUT2D eigenvalue weighted by Gasteiger charge is -2.09. The second kappa shape index (κ2) is 11.1. The van der Waals surface area contributed by atoms with Crippen LogP contribution < -0.4 is 15.4 Å². The summed E-state index contributed by atoms with van der Waals surface area (Å²) < 4.78 is 5.61. The van der Waals surface area contributed by atoms with Crippen LogP contribution in [0.15, 0.2) is 76.7 Å². The van der Waals surface area contributed by atoms with Crippen molar-refractivity contribution in [3.63, 3.8) is 0 Å². The van der Waals surface area contributed by atoms with Gasteiger partial charge in [0.1, 0.15) is 11.5 Å². The van der Waals surface area contributed by atoms with Gasteiger partial charge >= 0.3 is 0 Å². The molecule has 0 radical (unpaired) electrons. The minimum absolute atomic E-state index is 0.165. The van der Waals surface area contributed by atoms with E-state index in [1.807, 2.05) is 12.3 Å². The SMILES string of the molecule is C=C(/C=C\C(Cl)=C/C)Oc1cccc(NC(=O)CCNC(=O)c2ccsc2)c1. The van der Waals surface area contributed by atoms with Crippen molar-refractivity contribution >= 4 is 40.4 Å². The maximum absolute atomic E-state index is 12.1. The summed E-state index contributed by atoms with van der Waals surface area (Å²) in [7, 11) is 0. The molecule has 1 aromatic carbocycles. The molecule has 0 unspecified atom stereocenters. The van der Waals surface area contributed by atoms with Crippen LogP contribution in [0.25, 0.3) is 0 Å². The Morgan fingerprint density at radius 1 is 1.29 bits per heavy atom. The van der Waals surface area contributed by atoms with Gasteiger partial charge in [-0.1, -0.05) is 30.3 Å². The molecule has 0 aliphatic rings. The standard InChI is InChI=1S/C21H21ClN2O3S/c1-3-17(22)8-7-15(2)27-19-6-4-5-18(13-19)24-20(25)9-11-23-21(26)16-10-12-28-14-16/h3-8,10,12-14H,2,9,11H2,1H3,(H,23,26)(H,24,25)/b8-7-,17-3+. The highest BCUT2D eigenvalue weighted by molar-refractivity contribution is 7.08. The van der Waals surface area contributed by atoms with Crippen LogP contribution in [0, 0.1) is 0 Å². The fourth-order valence-corrected chi connectivity index (χ4v) is 2.80. The molecule has 1 aromatic heterocycles. The number of ether oxygens (including phenoxy) is 1. The van der Waals surface area contributed by atoms with Crippen LogP contribution in [0.4, 0.5) is 5.69 Å². The van der Waals surface area contributed by atoms with Gasteiger partial charge in [-0.25, -0.2) is 0 Å². The minimum Gasteiger partial charge on any atom is -0.458 e. The second-order valence-electron chi connectivity index (χ2n) is 5.67. The minimum atomic E-state index is -0.207. The maximum atomic E-state index is 12.1. The van der Waals surface area contributed by atoms with Gasteiger partial charge in [-0.2, -0.15) is 11.3 Å². The molecule has 0 aliphatic heterocycles. The lowest BCUT2D eigenvalue weighted by molar-refractivity contribution is -0.116. The van der Waals surface area contributed by atoms with Gasteiger partial charge in [0, 0.05) is 40.7 Å². The van der Waals surface area contributed by atoms with Crippen LogP contribution in [0.2, 0.25) is 0 Å². The van der Waals surface area contributed by atoms with Crippen molar-refractivity contribution in [3.8, 4) is 5.75 Å². The third-order valence-electron chi connectivity index (χ3n) is 3.49. The Balaban J connectivity index is 1.81. The molecule has 146 valence electrons. The van der Waals surface area contributed by atoms with E-state index in [-0.39, 0.29) is 24.8 Å². The van der Waals surface area contributed by atoms with E-state index in [2.05, 4.69) is 17.2 Å². The highest BCUT2D eigenvalue weighted by Crippen LogP contribution is 2.20. The Morgan fingerprint density at radius 3 is 2.82 bits per heavy atom. The molecular weight excluding hydrogens is 396 g/mol. The summed E-state index contributed by atoms with van der Waals surface area (Å²) in [5.74, 6) is 0.560. The van der Waals surface area contributed by atoms with Crippen LogP contribution >= 0.6 is 22.9 Å². The predicted octanol–water partition coefficient (Wildman–Crippen LogP) is 5.10. The van der Waals surface area contributed by atoms with Gasteiger partial charge in [0.2, 0.25) is 5.91 Å². The Kier molecular flexibility index (Phi) is 8.52. The van der Waals surface area contributed by atoms with Crippen molar-refractivity contribution in [2.45, 2.75) is 13.3 Å². The molecule has 5 nitrogen and oxygen atoms in total.